The maximum Gasteiger partial charge on any atom is 0.329 e. The lowest BCUT2D eigenvalue weighted by molar-refractivity contribution is -0.143. The normalized spacial score (nSPS) is 15.5. The van der Waals surface area contributed by atoms with E-state index in [1.165, 1.54) is 6.92 Å². The van der Waals surface area contributed by atoms with E-state index in [9.17, 15) is 9.59 Å². The first kappa shape index (κ1) is 13.9. The van der Waals surface area contributed by atoms with Crippen molar-refractivity contribution in [3.8, 4) is 0 Å². The molecule has 1 aromatic heterocycles. The molecule has 9 heteroatoms. The second kappa shape index (κ2) is 5.43. The molecule has 0 saturated carbocycles. The summed E-state index contributed by atoms with van der Waals surface area (Å²) in [6, 6.07) is -1.07. The number of urea groups is 1. The summed E-state index contributed by atoms with van der Waals surface area (Å²) >= 11 is 0. The number of carbonyl (C=O) groups excluding carboxylic acids is 1. The highest BCUT2D eigenvalue weighted by Gasteiger charge is 2.33. The minimum atomic E-state index is -1.30. The second-order valence-electron chi connectivity index (χ2n) is 4.08. The average Bonchev–Trinajstić information content (AvgIpc) is 2.81. The van der Waals surface area contributed by atoms with Gasteiger partial charge in [-0.25, -0.2) is 9.59 Å². The fourth-order valence-corrected chi connectivity index (χ4v) is 1.19. The Morgan fingerprint density at radius 2 is 2.22 bits per heavy atom. The fraction of sp³-hybridized carbons (Fsp3) is 0.667. The Kier molecular flexibility index (Phi) is 4.18. The van der Waals surface area contributed by atoms with E-state index in [1.54, 1.807) is 13.8 Å². The smallest absolute Gasteiger partial charge is 0.329 e. The molecule has 0 aliphatic heterocycles. The first-order valence-corrected chi connectivity index (χ1v) is 5.44. The third-order valence-corrected chi connectivity index (χ3v) is 2.67. The molecule has 0 radical (unpaired) electrons. The summed E-state index contributed by atoms with van der Waals surface area (Å²) in [4.78, 5) is 22.7. The van der Waals surface area contributed by atoms with Crippen LogP contribution >= 0.6 is 0 Å². The molecule has 4 N–H and O–H groups in total. The van der Waals surface area contributed by atoms with Gasteiger partial charge in [0.1, 0.15) is 5.54 Å². The minimum absolute atomic E-state index is 0.270. The molecule has 0 aromatic carbocycles. The van der Waals surface area contributed by atoms with Gasteiger partial charge in [-0.05, 0) is 20.3 Å². The number of carboxylic acids is 1. The van der Waals surface area contributed by atoms with Gasteiger partial charge in [-0.1, -0.05) is 12.1 Å². The van der Waals surface area contributed by atoms with Crippen molar-refractivity contribution >= 4 is 12.0 Å². The molecule has 9 nitrogen and oxygen atoms in total. The monoisotopic (exact) mass is 256 g/mol. The van der Waals surface area contributed by atoms with Crippen molar-refractivity contribution in [1.82, 2.24) is 31.3 Å². The number of tetrazole rings is 1. The van der Waals surface area contributed by atoms with E-state index in [0.29, 0.717) is 5.82 Å². The van der Waals surface area contributed by atoms with Crippen molar-refractivity contribution in [3.05, 3.63) is 5.82 Å². The lowest BCUT2D eigenvalue weighted by Gasteiger charge is -2.25. The van der Waals surface area contributed by atoms with Crippen LogP contribution in [0.3, 0.4) is 0 Å². The van der Waals surface area contributed by atoms with Crippen LogP contribution in [0.1, 0.15) is 39.1 Å². The highest BCUT2D eigenvalue weighted by Crippen LogP contribution is 2.10. The van der Waals surface area contributed by atoms with Gasteiger partial charge < -0.3 is 15.7 Å². The van der Waals surface area contributed by atoms with Crippen LogP contribution in [-0.2, 0) is 4.79 Å². The third kappa shape index (κ3) is 3.15. The van der Waals surface area contributed by atoms with E-state index in [4.69, 9.17) is 5.11 Å². The second-order valence-corrected chi connectivity index (χ2v) is 4.08. The average molecular weight is 256 g/mol. The number of rotatable bonds is 5. The molecule has 2 unspecified atom stereocenters. The molecular weight excluding hydrogens is 240 g/mol. The summed E-state index contributed by atoms with van der Waals surface area (Å²) in [6.45, 7) is 4.78. The van der Waals surface area contributed by atoms with Crippen molar-refractivity contribution < 1.29 is 14.7 Å². The van der Waals surface area contributed by atoms with Crippen molar-refractivity contribution in [2.75, 3.05) is 0 Å². The summed E-state index contributed by atoms with van der Waals surface area (Å²) in [5, 5.41) is 27.0. The number of carbonyl (C=O) groups is 2. The number of aliphatic carboxylic acids is 1. The van der Waals surface area contributed by atoms with Crippen molar-refractivity contribution in [1.29, 1.82) is 0 Å². The molecular formula is C9H16N6O3. The number of carboxylic acid groups (broad SMARTS) is 1. The fourth-order valence-electron chi connectivity index (χ4n) is 1.19. The molecule has 18 heavy (non-hydrogen) atoms. The van der Waals surface area contributed by atoms with Crippen LogP contribution in [0.2, 0.25) is 0 Å². The zero-order chi connectivity index (χ0) is 13.8. The van der Waals surface area contributed by atoms with Gasteiger partial charge in [0.2, 0.25) is 0 Å². The number of H-pyrrole nitrogens is 1. The van der Waals surface area contributed by atoms with Crippen LogP contribution < -0.4 is 10.6 Å². The number of hydrogen-bond acceptors (Lipinski definition) is 5. The van der Waals surface area contributed by atoms with E-state index in [2.05, 4.69) is 31.3 Å². The van der Waals surface area contributed by atoms with Gasteiger partial charge in [0.25, 0.3) is 0 Å². The molecule has 1 aromatic rings. The Bertz CT molecular complexity index is 420. The zero-order valence-corrected chi connectivity index (χ0v) is 10.4. The summed E-state index contributed by atoms with van der Waals surface area (Å²) < 4.78 is 0. The van der Waals surface area contributed by atoms with Gasteiger partial charge >= 0.3 is 12.0 Å². The largest absolute Gasteiger partial charge is 0.480 e. The van der Waals surface area contributed by atoms with Crippen LogP contribution in [0.4, 0.5) is 4.79 Å². The van der Waals surface area contributed by atoms with Crippen molar-refractivity contribution in [2.45, 2.75) is 38.8 Å². The van der Waals surface area contributed by atoms with Crippen molar-refractivity contribution in [3.63, 3.8) is 0 Å². The van der Waals surface area contributed by atoms with E-state index in [1.807, 2.05) is 0 Å². The Morgan fingerprint density at radius 3 is 2.67 bits per heavy atom. The topological polar surface area (TPSA) is 133 Å². The highest BCUT2D eigenvalue weighted by molar-refractivity contribution is 5.85. The predicted octanol–water partition coefficient (Wildman–Crippen LogP) is -0.187. The standard InChI is InChI=1S/C9H16N6O3/c1-4-9(3,7(16)17)11-8(18)10-5(2)6-12-14-15-13-6/h5H,4H2,1-3H3,(H,16,17)(H2,10,11,18)(H,12,13,14,15). The SMILES string of the molecule is CCC(C)(NC(=O)NC(C)c1nn[nH]n1)C(=O)O. The molecule has 2 atom stereocenters. The lowest BCUT2D eigenvalue weighted by Crippen LogP contribution is -2.55. The molecule has 0 bridgehead atoms. The van der Waals surface area contributed by atoms with E-state index in [-0.39, 0.29) is 6.42 Å². The Hall–Kier alpha value is -2.19. The lowest BCUT2D eigenvalue weighted by atomic mass is 10.00. The van der Waals surface area contributed by atoms with Gasteiger partial charge in [0, 0.05) is 0 Å². The molecule has 1 rings (SSSR count). The minimum Gasteiger partial charge on any atom is -0.480 e. The number of nitrogens with zero attached hydrogens (tertiary/aromatic N) is 3. The Balaban J connectivity index is 2.59. The first-order valence-electron chi connectivity index (χ1n) is 5.44. The summed E-state index contributed by atoms with van der Waals surface area (Å²) in [5.74, 6) is -0.772. The Morgan fingerprint density at radius 1 is 1.56 bits per heavy atom. The van der Waals surface area contributed by atoms with Crippen LogP contribution in [0.25, 0.3) is 0 Å². The first-order chi connectivity index (χ1) is 8.39. The van der Waals surface area contributed by atoms with E-state index >= 15 is 0 Å². The van der Waals surface area contributed by atoms with Gasteiger partial charge in [-0.3, -0.25) is 0 Å². The summed E-state index contributed by atoms with van der Waals surface area (Å²) in [7, 11) is 0. The number of amides is 2. The quantitative estimate of drug-likeness (QED) is 0.577. The van der Waals surface area contributed by atoms with Crippen LogP contribution in [0.5, 0.6) is 0 Å². The third-order valence-electron chi connectivity index (χ3n) is 2.67. The number of aromatic amines is 1. The maximum atomic E-state index is 11.7. The highest BCUT2D eigenvalue weighted by atomic mass is 16.4. The predicted molar refractivity (Wildman–Crippen MR) is 60.6 cm³/mol. The maximum absolute atomic E-state index is 11.7. The van der Waals surface area contributed by atoms with Crippen LogP contribution in [0, 0.1) is 0 Å². The Labute approximate surface area is 103 Å². The van der Waals surface area contributed by atoms with Gasteiger partial charge in [-0.2, -0.15) is 5.21 Å². The molecule has 0 spiro atoms. The van der Waals surface area contributed by atoms with Gasteiger partial charge in [0.05, 0.1) is 6.04 Å². The van der Waals surface area contributed by atoms with Crippen LogP contribution in [0.15, 0.2) is 0 Å². The molecule has 1 heterocycles. The molecule has 100 valence electrons. The molecule has 0 aliphatic carbocycles. The zero-order valence-electron chi connectivity index (χ0n) is 10.4. The van der Waals surface area contributed by atoms with Gasteiger partial charge in [0.15, 0.2) is 5.82 Å². The number of aromatic nitrogens is 4. The summed E-state index contributed by atoms with van der Waals surface area (Å²) in [5.41, 5.74) is -1.30. The molecule has 2 amide bonds. The molecule has 0 fully saturated rings. The van der Waals surface area contributed by atoms with Gasteiger partial charge in [-0.15, -0.1) is 10.2 Å². The van der Waals surface area contributed by atoms with Crippen LogP contribution in [-0.4, -0.2) is 43.3 Å². The van der Waals surface area contributed by atoms with E-state index < -0.39 is 23.6 Å². The number of hydrogen-bond donors (Lipinski definition) is 4. The molecule has 0 aliphatic rings. The summed E-state index contributed by atoms with van der Waals surface area (Å²) in [6.07, 6.45) is 0.270. The van der Waals surface area contributed by atoms with Crippen molar-refractivity contribution in [2.24, 2.45) is 0 Å². The molecule has 0 saturated heterocycles. The number of nitrogens with one attached hydrogen (secondary N) is 3. The van der Waals surface area contributed by atoms with E-state index in [0.717, 1.165) is 0 Å².